The van der Waals surface area contributed by atoms with Gasteiger partial charge in [-0.1, -0.05) is 0 Å². The van der Waals surface area contributed by atoms with E-state index in [9.17, 15) is 10.2 Å². The van der Waals surface area contributed by atoms with E-state index in [1.54, 1.807) is 0 Å². The second-order valence-electron chi connectivity index (χ2n) is 2.73. The largest absolute Gasteiger partial charge is 0.394 e. The molecule has 0 fully saturated rings. The number of aliphatic hydroxyl groups excluding tert-OH is 4. The van der Waals surface area contributed by atoms with Gasteiger partial charge in [-0.25, -0.2) is 0 Å². The van der Waals surface area contributed by atoms with Gasteiger partial charge in [0.25, 0.3) is 0 Å². The van der Waals surface area contributed by atoms with Gasteiger partial charge in [0.15, 0.2) is 0 Å². The van der Waals surface area contributed by atoms with Crippen molar-refractivity contribution in [2.24, 2.45) is 0 Å². The summed E-state index contributed by atoms with van der Waals surface area (Å²) in [5.41, 5.74) is 0. The molecule has 0 aliphatic rings. The molecule has 0 saturated heterocycles. The molecular formula is C8H18O6. The third-order valence-corrected chi connectivity index (χ3v) is 1.49. The Morgan fingerprint density at radius 2 is 1.14 bits per heavy atom. The number of hydrogen-bond donors (Lipinski definition) is 4. The molecule has 14 heavy (non-hydrogen) atoms. The van der Waals surface area contributed by atoms with Crippen molar-refractivity contribution in [1.82, 2.24) is 0 Å². The first-order valence-corrected chi connectivity index (χ1v) is 4.45. The lowest BCUT2D eigenvalue weighted by molar-refractivity contribution is -0.0759. The van der Waals surface area contributed by atoms with E-state index in [1.807, 2.05) is 0 Å². The van der Waals surface area contributed by atoms with Crippen molar-refractivity contribution in [2.45, 2.75) is 12.2 Å². The third-order valence-electron chi connectivity index (χ3n) is 1.49. The van der Waals surface area contributed by atoms with Crippen LogP contribution >= 0.6 is 0 Å². The standard InChI is InChI=1S/C8H18O6/c9-1-3-13-5-7(11)8(12)6-14-4-2-10/h7-12H,1-6H2. The highest BCUT2D eigenvalue weighted by Crippen LogP contribution is 1.95. The van der Waals surface area contributed by atoms with Gasteiger partial charge in [-0.3, -0.25) is 0 Å². The Balaban J connectivity index is 3.39. The highest BCUT2D eigenvalue weighted by atomic mass is 16.5. The van der Waals surface area contributed by atoms with Gasteiger partial charge in [-0.15, -0.1) is 0 Å². The Kier molecular flexibility index (Phi) is 9.16. The van der Waals surface area contributed by atoms with E-state index in [1.165, 1.54) is 0 Å². The Morgan fingerprint density at radius 3 is 1.43 bits per heavy atom. The van der Waals surface area contributed by atoms with Gasteiger partial charge in [0.2, 0.25) is 0 Å². The zero-order valence-electron chi connectivity index (χ0n) is 8.00. The SMILES string of the molecule is OCCOCC(O)C(O)COCCO. The lowest BCUT2D eigenvalue weighted by Gasteiger charge is -2.17. The van der Waals surface area contributed by atoms with Crippen LogP contribution in [0.5, 0.6) is 0 Å². The topological polar surface area (TPSA) is 99.4 Å². The van der Waals surface area contributed by atoms with Crippen LogP contribution in [0.15, 0.2) is 0 Å². The highest BCUT2D eigenvalue weighted by Gasteiger charge is 2.16. The molecule has 0 amide bonds. The predicted octanol–water partition coefficient (Wildman–Crippen LogP) is -2.27. The monoisotopic (exact) mass is 210 g/mol. The third kappa shape index (κ3) is 7.19. The van der Waals surface area contributed by atoms with E-state index < -0.39 is 12.2 Å². The van der Waals surface area contributed by atoms with Crippen LogP contribution in [0.3, 0.4) is 0 Å². The smallest absolute Gasteiger partial charge is 0.105 e. The summed E-state index contributed by atoms with van der Waals surface area (Å²) in [4.78, 5) is 0. The van der Waals surface area contributed by atoms with Crippen molar-refractivity contribution in [3.8, 4) is 0 Å². The molecule has 0 aromatic heterocycles. The van der Waals surface area contributed by atoms with Gasteiger partial charge in [0.1, 0.15) is 12.2 Å². The van der Waals surface area contributed by atoms with Crippen LogP contribution in [0.2, 0.25) is 0 Å². The Morgan fingerprint density at radius 1 is 0.786 bits per heavy atom. The first-order chi connectivity index (χ1) is 6.72. The minimum absolute atomic E-state index is 0.0514. The molecule has 86 valence electrons. The summed E-state index contributed by atoms with van der Waals surface area (Å²) in [7, 11) is 0. The summed E-state index contributed by atoms with van der Waals surface area (Å²) >= 11 is 0. The first kappa shape index (κ1) is 13.8. The molecule has 2 unspecified atom stereocenters. The molecule has 0 rings (SSSR count). The molecule has 0 spiro atoms. The van der Waals surface area contributed by atoms with Gasteiger partial charge in [-0.2, -0.15) is 0 Å². The molecular weight excluding hydrogens is 192 g/mol. The van der Waals surface area contributed by atoms with E-state index >= 15 is 0 Å². The zero-order chi connectivity index (χ0) is 10.8. The van der Waals surface area contributed by atoms with Gasteiger partial charge in [0.05, 0.1) is 39.6 Å². The van der Waals surface area contributed by atoms with Crippen LogP contribution < -0.4 is 0 Å². The van der Waals surface area contributed by atoms with E-state index in [4.69, 9.17) is 19.7 Å². The van der Waals surface area contributed by atoms with Crippen LogP contribution in [0.1, 0.15) is 0 Å². The first-order valence-electron chi connectivity index (χ1n) is 4.45. The van der Waals surface area contributed by atoms with Crippen molar-refractivity contribution in [3.63, 3.8) is 0 Å². The lowest BCUT2D eigenvalue weighted by Crippen LogP contribution is -2.34. The minimum atomic E-state index is -1.04. The average Bonchev–Trinajstić information content (AvgIpc) is 2.18. The summed E-state index contributed by atoms with van der Waals surface area (Å²) in [6.07, 6.45) is -2.08. The maximum Gasteiger partial charge on any atom is 0.105 e. The second kappa shape index (κ2) is 9.32. The van der Waals surface area contributed by atoms with E-state index in [0.29, 0.717) is 0 Å². The molecule has 2 atom stereocenters. The van der Waals surface area contributed by atoms with Crippen LogP contribution in [0, 0.1) is 0 Å². The van der Waals surface area contributed by atoms with Gasteiger partial charge >= 0.3 is 0 Å². The summed E-state index contributed by atoms with van der Waals surface area (Å²) < 4.78 is 9.61. The molecule has 0 aromatic carbocycles. The van der Waals surface area contributed by atoms with E-state index in [-0.39, 0.29) is 39.6 Å². The van der Waals surface area contributed by atoms with Crippen molar-refractivity contribution >= 4 is 0 Å². The van der Waals surface area contributed by atoms with Crippen LogP contribution in [0.4, 0.5) is 0 Å². The molecule has 0 heterocycles. The summed E-state index contributed by atoms with van der Waals surface area (Å²) in [6.45, 7) is -0.0926. The van der Waals surface area contributed by atoms with Gasteiger partial charge in [-0.05, 0) is 0 Å². The molecule has 0 bridgehead atoms. The van der Waals surface area contributed by atoms with Crippen molar-refractivity contribution in [2.75, 3.05) is 39.6 Å². The highest BCUT2D eigenvalue weighted by molar-refractivity contribution is 4.65. The molecule has 0 aliphatic carbocycles. The summed E-state index contributed by atoms with van der Waals surface area (Å²) in [5, 5.41) is 35.2. The quantitative estimate of drug-likeness (QED) is 0.320. The molecule has 4 N–H and O–H groups in total. The molecule has 0 radical (unpaired) electrons. The lowest BCUT2D eigenvalue weighted by atomic mass is 10.2. The maximum atomic E-state index is 9.24. The molecule has 0 aliphatic heterocycles. The fourth-order valence-electron chi connectivity index (χ4n) is 0.759. The predicted molar refractivity (Wildman–Crippen MR) is 47.8 cm³/mol. The average molecular weight is 210 g/mol. The summed E-state index contributed by atoms with van der Waals surface area (Å²) in [6, 6.07) is 0. The van der Waals surface area contributed by atoms with Gasteiger partial charge < -0.3 is 29.9 Å². The normalized spacial score (nSPS) is 15.4. The Hall–Kier alpha value is -0.240. The fraction of sp³-hybridized carbons (Fsp3) is 1.00. The van der Waals surface area contributed by atoms with Crippen LogP contribution in [-0.4, -0.2) is 72.3 Å². The van der Waals surface area contributed by atoms with Crippen molar-refractivity contribution in [3.05, 3.63) is 0 Å². The number of hydrogen-bond acceptors (Lipinski definition) is 6. The van der Waals surface area contributed by atoms with Gasteiger partial charge in [0, 0.05) is 0 Å². The Labute approximate surface area is 82.7 Å². The molecule has 0 saturated carbocycles. The van der Waals surface area contributed by atoms with Crippen molar-refractivity contribution in [1.29, 1.82) is 0 Å². The zero-order valence-corrected chi connectivity index (χ0v) is 8.00. The minimum Gasteiger partial charge on any atom is -0.394 e. The van der Waals surface area contributed by atoms with E-state index in [0.717, 1.165) is 0 Å². The van der Waals surface area contributed by atoms with Crippen molar-refractivity contribution < 1.29 is 29.9 Å². The number of aliphatic hydroxyl groups is 4. The van der Waals surface area contributed by atoms with Crippen LogP contribution in [0.25, 0.3) is 0 Å². The van der Waals surface area contributed by atoms with Crippen LogP contribution in [-0.2, 0) is 9.47 Å². The number of ether oxygens (including phenoxy) is 2. The Bertz CT molecular complexity index is 106. The fourth-order valence-corrected chi connectivity index (χ4v) is 0.759. The molecule has 0 aromatic rings. The maximum absolute atomic E-state index is 9.24. The second-order valence-corrected chi connectivity index (χ2v) is 2.73. The summed E-state index contributed by atoms with van der Waals surface area (Å²) in [5.74, 6) is 0. The molecule has 6 heteroatoms. The molecule has 6 nitrogen and oxygen atoms in total. The number of rotatable bonds is 9. The van der Waals surface area contributed by atoms with E-state index in [2.05, 4.69) is 0 Å².